The van der Waals surface area contributed by atoms with Crippen LogP contribution in [0.25, 0.3) is 0 Å². The van der Waals surface area contributed by atoms with Gasteiger partial charge in [0.2, 0.25) is 5.91 Å². The van der Waals surface area contributed by atoms with E-state index in [0.29, 0.717) is 30.6 Å². The summed E-state index contributed by atoms with van der Waals surface area (Å²) in [7, 11) is 2.07. The lowest BCUT2D eigenvalue weighted by molar-refractivity contribution is -0.130. The number of aromatic nitrogens is 2. The molecule has 0 spiro atoms. The van der Waals surface area contributed by atoms with Gasteiger partial charge in [0.25, 0.3) is 0 Å². The van der Waals surface area contributed by atoms with Crippen molar-refractivity contribution in [1.29, 1.82) is 0 Å². The van der Waals surface area contributed by atoms with Gasteiger partial charge >= 0.3 is 5.69 Å². The van der Waals surface area contributed by atoms with Gasteiger partial charge in [0.1, 0.15) is 5.82 Å². The molecule has 3 heterocycles. The minimum atomic E-state index is -0.304. The SMILES string of the molecule is Cc1cc(C)n(CCC(=O)N2C[C@@H]3CN(C)[C@@H](c4cccc(F)c4)[C@@H]3C2)c(=O)n1.Cl.Cl. The second kappa shape index (κ2) is 10.1. The number of benzene rings is 1. The first-order chi connectivity index (χ1) is 13.8. The highest BCUT2D eigenvalue weighted by Gasteiger charge is 2.47. The Labute approximate surface area is 194 Å². The summed E-state index contributed by atoms with van der Waals surface area (Å²) < 4.78 is 15.3. The van der Waals surface area contributed by atoms with Gasteiger partial charge in [0, 0.05) is 55.9 Å². The molecule has 2 aliphatic heterocycles. The Morgan fingerprint density at radius 2 is 1.90 bits per heavy atom. The smallest absolute Gasteiger partial charge is 0.342 e. The Bertz CT molecular complexity index is 1000. The number of hydrogen-bond donors (Lipinski definition) is 0. The van der Waals surface area contributed by atoms with Crippen LogP contribution < -0.4 is 5.69 Å². The van der Waals surface area contributed by atoms with E-state index >= 15 is 0 Å². The first kappa shape index (κ1) is 25.3. The predicted octanol–water partition coefficient (Wildman–Crippen LogP) is 2.99. The van der Waals surface area contributed by atoms with Gasteiger partial charge in [0.05, 0.1) is 0 Å². The molecule has 2 saturated heterocycles. The standard InChI is InChI=1S/C22H27FN4O2.2ClH/c1-14-9-15(2)27(22(29)24-14)8-7-20(28)26-12-17-11-25(3)21(19(17)13-26)16-5-4-6-18(23)10-16;;/h4-6,9-10,17,19,21H,7-8,11-13H2,1-3H3;2*1H/t17-,19+,21-;;/m0../s1. The molecule has 2 aromatic rings. The molecule has 0 saturated carbocycles. The van der Waals surface area contributed by atoms with Gasteiger partial charge in [0.15, 0.2) is 0 Å². The van der Waals surface area contributed by atoms with Gasteiger partial charge < -0.3 is 4.90 Å². The van der Waals surface area contributed by atoms with Crippen molar-refractivity contribution < 1.29 is 9.18 Å². The molecule has 0 aliphatic carbocycles. The number of hydrogen-bond acceptors (Lipinski definition) is 4. The lowest BCUT2D eigenvalue weighted by atomic mass is 9.89. The molecular weight excluding hydrogens is 442 g/mol. The van der Waals surface area contributed by atoms with Gasteiger partial charge in [-0.05, 0) is 50.6 Å². The molecule has 170 valence electrons. The van der Waals surface area contributed by atoms with Gasteiger partial charge in [-0.1, -0.05) is 12.1 Å². The first-order valence-corrected chi connectivity index (χ1v) is 10.1. The summed E-state index contributed by atoms with van der Waals surface area (Å²) >= 11 is 0. The number of rotatable bonds is 4. The van der Waals surface area contributed by atoms with Crippen LogP contribution in [-0.2, 0) is 11.3 Å². The lowest BCUT2D eigenvalue weighted by Crippen LogP contribution is -2.35. The van der Waals surface area contributed by atoms with E-state index in [1.807, 2.05) is 24.0 Å². The van der Waals surface area contributed by atoms with Crippen LogP contribution in [0.3, 0.4) is 0 Å². The van der Waals surface area contributed by atoms with Gasteiger partial charge in [-0.2, -0.15) is 4.98 Å². The Balaban J connectivity index is 0.00000171. The van der Waals surface area contributed by atoms with Crippen LogP contribution in [0.1, 0.15) is 29.4 Å². The van der Waals surface area contributed by atoms with Crippen LogP contribution in [-0.4, -0.2) is 51.9 Å². The molecule has 9 heteroatoms. The van der Waals surface area contributed by atoms with E-state index in [1.165, 1.54) is 6.07 Å². The van der Waals surface area contributed by atoms with E-state index in [0.717, 1.165) is 24.3 Å². The topological polar surface area (TPSA) is 58.4 Å². The Hall–Kier alpha value is -1.96. The Kier molecular flexibility index (Phi) is 8.25. The largest absolute Gasteiger partial charge is 0.347 e. The number of carbonyl (C=O) groups is 1. The molecule has 3 atom stereocenters. The molecule has 0 N–H and O–H groups in total. The predicted molar refractivity (Wildman–Crippen MR) is 122 cm³/mol. The number of carbonyl (C=O) groups excluding carboxylic acids is 1. The Morgan fingerprint density at radius 1 is 1.16 bits per heavy atom. The molecule has 0 unspecified atom stereocenters. The average Bonchev–Trinajstić information content (AvgIpc) is 3.17. The number of nitrogens with zero attached hydrogens (tertiary/aromatic N) is 4. The third-order valence-corrected chi connectivity index (χ3v) is 6.33. The van der Waals surface area contributed by atoms with Crippen LogP contribution in [0.2, 0.25) is 0 Å². The van der Waals surface area contributed by atoms with Crippen LogP contribution in [0, 0.1) is 31.5 Å². The summed E-state index contributed by atoms with van der Waals surface area (Å²) in [6.45, 7) is 6.29. The first-order valence-electron chi connectivity index (χ1n) is 10.1. The molecule has 0 radical (unpaired) electrons. The van der Waals surface area contributed by atoms with Gasteiger partial charge in [-0.25, -0.2) is 9.18 Å². The average molecular weight is 471 g/mol. The van der Waals surface area contributed by atoms with E-state index in [2.05, 4.69) is 16.9 Å². The second-order valence-corrected chi connectivity index (χ2v) is 8.39. The highest BCUT2D eigenvalue weighted by Crippen LogP contribution is 2.44. The molecule has 2 aliphatic rings. The number of amides is 1. The van der Waals surface area contributed by atoms with Crippen molar-refractivity contribution in [3.8, 4) is 0 Å². The van der Waals surface area contributed by atoms with Crippen molar-refractivity contribution in [2.24, 2.45) is 11.8 Å². The zero-order valence-electron chi connectivity index (χ0n) is 18.0. The third kappa shape index (κ3) is 5.10. The maximum atomic E-state index is 13.7. The fraction of sp³-hybridized carbons (Fsp3) is 0.500. The molecular formula is C22H29Cl2FN4O2. The van der Waals surface area contributed by atoms with Crippen LogP contribution in [0.4, 0.5) is 4.39 Å². The van der Waals surface area contributed by atoms with E-state index in [-0.39, 0.29) is 54.7 Å². The maximum Gasteiger partial charge on any atom is 0.347 e. The summed E-state index contributed by atoms with van der Waals surface area (Å²) in [4.78, 5) is 33.1. The third-order valence-electron chi connectivity index (χ3n) is 6.33. The fourth-order valence-corrected chi connectivity index (χ4v) is 5.07. The summed E-state index contributed by atoms with van der Waals surface area (Å²) in [6.07, 6.45) is 0.283. The second-order valence-electron chi connectivity index (χ2n) is 8.39. The fourth-order valence-electron chi connectivity index (χ4n) is 5.07. The minimum absolute atomic E-state index is 0. The van der Waals surface area contributed by atoms with Gasteiger partial charge in [-0.3, -0.25) is 14.3 Å². The normalized spacial score (nSPS) is 22.6. The van der Waals surface area contributed by atoms with Crippen molar-refractivity contribution >= 4 is 30.7 Å². The minimum Gasteiger partial charge on any atom is -0.342 e. The molecule has 0 bridgehead atoms. The van der Waals surface area contributed by atoms with Crippen LogP contribution >= 0.6 is 24.8 Å². The lowest BCUT2D eigenvalue weighted by Gasteiger charge is -2.27. The van der Waals surface area contributed by atoms with E-state index in [4.69, 9.17) is 0 Å². The van der Waals surface area contributed by atoms with Crippen molar-refractivity contribution in [3.05, 3.63) is 63.6 Å². The highest BCUT2D eigenvalue weighted by atomic mass is 35.5. The number of aryl methyl sites for hydroxylation is 2. The molecule has 1 aromatic heterocycles. The van der Waals surface area contributed by atoms with E-state index in [9.17, 15) is 14.0 Å². The Morgan fingerprint density at radius 3 is 2.58 bits per heavy atom. The van der Waals surface area contributed by atoms with Crippen molar-refractivity contribution in [2.75, 3.05) is 26.7 Å². The monoisotopic (exact) mass is 470 g/mol. The molecule has 2 fully saturated rings. The summed E-state index contributed by atoms with van der Waals surface area (Å²) in [6, 6.07) is 8.76. The number of halogens is 3. The van der Waals surface area contributed by atoms with Crippen LogP contribution in [0.15, 0.2) is 35.1 Å². The summed E-state index contributed by atoms with van der Waals surface area (Å²) in [5, 5.41) is 0. The number of likely N-dealkylation sites (tertiary alicyclic amines) is 2. The molecule has 1 aromatic carbocycles. The summed E-state index contributed by atoms with van der Waals surface area (Å²) in [5.41, 5.74) is 2.18. The van der Waals surface area contributed by atoms with Crippen molar-refractivity contribution in [2.45, 2.75) is 32.9 Å². The van der Waals surface area contributed by atoms with Crippen molar-refractivity contribution in [3.63, 3.8) is 0 Å². The quantitative estimate of drug-likeness (QED) is 0.688. The number of fused-ring (bicyclic) bond motifs is 1. The summed E-state index contributed by atoms with van der Waals surface area (Å²) in [5.74, 6) is 0.531. The van der Waals surface area contributed by atoms with Gasteiger partial charge in [-0.15, -0.1) is 24.8 Å². The van der Waals surface area contributed by atoms with Crippen molar-refractivity contribution in [1.82, 2.24) is 19.4 Å². The van der Waals surface area contributed by atoms with E-state index in [1.54, 1.807) is 23.6 Å². The van der Waals surface area contributed by atoms with E-state index < -0.39 is 0 Å². The maximum absolute atomic E-state index is 13.7. The molecule has 4 rings (SSSR count). The highest BCUT2D eigenvalue weighted by molar-refractivity contribution is 5.85. The molecule has 31 heavy (non-hydrogen) atoms. The zero-order chi connectivity index (χ0) is 20.7. The zero-order valence-corrected chi connectivity index (χ0v) is 19.6. The van der Waals surface area contributed by atoms with Crippen LogP contribution in [0.5, 0.6) is 0 Å². The molecule has 1 amide bonds. The molecule has 6 nitrogen and oxygen atoms in total.